The predicted molar refractivity (Wildman–Crippen MR) is 73.6 cm³/mol. The van der Waals surface area contributed by atoms with Crippen molar-refractivity contribution < 1.29 is 18.0 Å². The molecule has 0 unspecified atom stereocenters. The highest BCUT2D eigenvalue weighted by molar-refractivity contribution is 9.09. The van der Waals surface area contributed by atoms with Crippen LogP contribution in [0.1, 0.15) is 24.0 Å². The van der Waals surface area contributed by atoms with Crippen LogP contribution < -0.4 is 5.32 Å². The topological polar surface area (TPSA) is 29.1 Å². The van der Waals surface area contributed by atoms with Crippen LogP contribution in [-0.2, 0) is 17.4 Å². The molecular weight excluding hydrogens is 335 g/mol. The lowest BCUT2D eigenvalue weighted by Gasteiger charge is -2.13. The third-order valence-electron chi connectivity index (χ3n) is 3.55. The zero-order valence-electron chi connectivity index (χ0n) is 10.8. The van der Waals surface area contributed by atoms with Gasteiger partial charge in [0.05, 0.1) is 12.0 Å². The third kappa shape index (κ3) is 3.98. The van der Waals surface area contributed by atoms with Crippen LogP contribution in [0.15, 0.2) is 24.3 Å². The second-order valence-electron chi connectivity index (χ2n) is 5.28. The highest BCUT2D eigenvalue weighted by Gasteiger charge is 2.41. The Labute approximate surface area is 123 Å². The van der Waals surface area contributed by atoms with E-state index in [1.807, 2.05) is 0 Å². The van der Waals surface area contributed by atoms with Crippen molar-refractivity contribution in [2.45, 2.75) is 25.4 Å². The fourth-order valence-corrected chi connectivity index (χ4v) is 2.64. The predicted octanol–water partition coefficient (Wildman–Crippen LogP) is 3.54. The minimum atomic E-state index is -4.34. The Morgan fingerprint density at radius 3 is 2.30 bits per heavy atom. The number of amides is 1. The SMILES string of the molecule is O=C(Cc1ccc(C(F)(F)F)cc1)NCC1(CBr)CC1. The summed E-state index contributed by atoms with van der Waals surface area (Å²) in [6.45, 7) is 0.623. The van der Waals surface area contributed by atoms with Crippen LogP contribution >= 0.6 is 15.9 Å². The van der Waals surface area contributed by atoms with E-state index in [-0.39, 0.29) is 17.7 Å². The number of hydrogen-bond donors (Lipinski definition) is 1. The van der Waals surface area contributed by atoms with Crippen LogP contribution in [0, 0.1) is 5.41 Å². The number of halogens is 4. The second kappa shape index (κ2) is 5.76. The number of carbonyl (C=O) groups excluding carboxylic acids is 1. The summed E-state index contributed by atoms with van der Waals surface area (Å²) in [5.41, 5.74) is 0.0765. The van der Waals surface area contributed by atoms with Gasteiger partial charge in [-0.05, 0) is 36.0 Å². The van der Waals surface area contributed by atoms with Crippen molar-refractivity contribution in [3.8, 4) is 0 Å². The molecule has 1 fully saturated rings. The number of carbonyl (C=O) groups is 1. The summed E-state index contributed by atoms with van der Waals surface area (Å²) in [5.74, 6) is -0.156. The van der Waals surface area contributed by atoms with E-state index in [1.165, 1.54) is 12.1 Å². The number of rotatable bonds is 5. The number of nitrogens with one attached hydrogen (secondary N) is 1. The van der Waals surface area contributed by atoms with Gasteiger partial charge >= 0.3 is 6.18 Å². The van der Waals surface area contributed by atoms with E-state index >= 15 is 0 Å². The molecular formula is C14H15BrF3NO. The van der Waals surface area contributed by atoms with Crippen LogP contribution in [0.4, 0.5) is 13.2 Å². The van der Waals surface area contributed by atoms with Crippen molar-refractivity contribution in [1.29, 1.82) is 0 Å². The highest BCUT2D eigenvalue weighted by Crippen LogP contribution is 2.46. The molecule has 1 aromatic rings. The molecule has 0 heterocycles. The van der Waals surface area contributed by atoms with Crippen LogP contribution in [0.3, 0.4) is 0 Å². The normalized spacial score (nSPS) is 16.8. The highest BCUT2D eigenvalue weighted by atomic mass is 79.9. The zero-order chi connectivity index (χ0) is 14.8. The first kappa shape index (κ1) is 15.4. The Hall–Kier alpha value is -1.04. The van der Waals surface area contributed by atoms with Gasteiger partial charge in [-0.25, -0.2) is 0 Å². The molecule has 2 nitrogen and oxygen atoms in total. The fraction of sp³-hybridized carbons (Fsp3) is 0.500. The maximum atomic E-state index is 12.4. The lowest BCUT2D eigenvalue weighted by Crippen LogP contribution is -2.32. The largest absolute Gasteiger partial charge is 0.416 e. The first-order chi connectivity index (χ1) is 9.35. The van der Waals surface area contributed by atoms with E-state index in [0.29, 0.717) is 12.1 Å². The Morgan fingerprint density at radius 1 is 1.25 bits per heavy atom. The first-order valence-electron chi connectivity index (χ1n) is 6.33. The average Bonchev–Trinajstić information content (AvgIpc) is 3.17. The van der Waals surface area contributed by atoms with Gasteiger partial charge < -0.3 is 5.32 Å². The molecule has 1 amide bonds. The molecule has 1 aromatic carbocycles. The molecule has 2 rings (SSSR count). The fourth-order valence-electron chi connectivity index (χ4n) is 1.88. The van der Waals surface area contributed by atoms with Crippen LogP contribution in [0.25, 0.3) is 0 Å². The monoisotopic (exact) mass is 349 g/mol. The first-order valence-corrected chi connectivity index (χ1v) is 7.46. The summed E-state index contributed by atoms with van der Waals surface area (Å²) in [4.78, 5) is 11.7. The van der Waals surface area contributed by atoms with Crippen molar-refractivity contribution in [3.05, 3.63) is 35.4 Å². The summed E-state index contributed by atoms with van der Waals surface area (Å²) < 4.78 is 37.2. The summed E-state index contributed by atoms with van der Waals surface area (Å²) in [6, 6.07) is 4.70. The van der Waals surface area contributed by atoms with E-state index < -0.39 is 11.7 Å². The minimum Gasteiger partial charge on any atom is -0.355 e. The van der Waals surface area contributed by atoms with Crippen molar-refractivity contribution in [3.63, 3.8) is 0 Å². The van der Waals surface area contributed by atoms with Crippen molar-refractivity contribution in [2.24, 2.45) is 5.41 Å². The molecule has 1 aliphatic rings. The van der Waals surface area contributed by atoms with E-state index in [2.05, 4.69) is 21.2 Å². The maximum Gasteiger partial charge on any atom is 0.416 e. The lowest BCUT2D eigenvalue weighted by atomic mass is 10.1. The van der Waals surface area contributed by atoms with Gasteiger partial charge in [-0.15, -0.1) is 0 Å². The van der Waals surface area contributed by atoms with E-state index in [1.54, 1.807) is 0 Å². The molecule has 0 aromatic heterocycles. The number of hydrogen-bond acceptors (Lipinski definition) is 1. The smallest absolute Gasteiger partial charge is 0.355 e. The molecule has 0 saturated heterocycles. The van der Waals surface area contributed by atoms with Gasteiger partial charge in [0, 0.05) is 11.9 Å². The van der Waals surface area contributed by atoms with E-state index in [0.717, 1.165) is 30.3 Å². The van der Waals surface area contributed by atoms with Gasteiger partial charge in [0.1, 0.15) is 0 Å². The Bertz CT molecular complexity index is 480. The third-order valence-corrected chi connectivity index (χ3v) is 4.74. The number of benzene rings is 1. The van der Waals surface area contributed by atoms with Gasteiger partial charge in [0.25, 0.3) is 0 Å². The maximum absolute atomic E-state index is 12.4. The summed E-state index contributed by atoms with van der Waals surface area (Å²) in [5, 5.41) is 3.70. The van der Waals surface area contributed by atoms with E-state index in [9.17, 15) is 18.0 Å². The zero-order valence-corrected chi connectivity index (χ0v) is 12.4. The Kier molecular flexibility index (Phi) is 4.42. The Balaban J connectivity index is 1.85. The second-order valence-corrected chi connectivity index (χ2v) is 5.84. The molecule has 1 N–H and O–H groups in total. The van der Waals surface area contributed by atoms with E-state index in [4.69, 9.17) is 0 Å². The molecule has 0 bridgehead atoms. The molecule has 110 valence electrons. The standard InChI is InChI=1S/C14H15BrF3NO/c15-8-13(5-6-13)9-19-12(20)7-10-1-3-11(4-2-10)14(16,17)18/h1-4H,5-9H2,(H,19,20). The van der Waals surface area contributed by atoms with Gasteiger partial charge in [-0.1, -0.05) is 28.1 Å². The molecule has 20 heavy (non-hydrogen) atoms. The minimum absolute atomic E-state index is 0.108. The number of alkyl halides is 4. The molecule has 0 radical (unpaired) electrons. The summed E-state index contributed by atoms with van der Waals surface area (Å²) >= 11 is 3.42. The van der Waals surface area contributed by atoms with Gasteiger partial charge in [0.15, 0.2) is 0 Å². The van der Waals surface area contributed by atoms with Crippen LogP contribution in [-0.4, -0.2) is 17.8 Å². The summed E-state index contributed by atoms with van der Waals surface area (Å²) in [6.07, 6.45) is -2.04. The summed E-state index contributed by atoms with van der Waals surface area (Å²) in [7, 11) is 0. The van der Waals surface area contributed by atoms with Crippen molar-refractivity contribution in [1.82, 2.24) is 5.32 Å². The molecule has 0 atom stereocenters. The van der Waals surface area contributed by atoms with Gasteiger partial charge in [0.2, 0.25) is 5.91 Å². The lowest BCUT2D eigenvalue weighted by molar-refractivity contribution is -0.137. The molecule has 0 aliphatic heterocycles. The van der Waals surface area contributed by atoms with Gasteiger partial charge in [-0.2, -0.15) is 13.2 Å². The molecule has 1 saturated carbocycles. The van der Waals surface area contributed by atoms with Crippen LogP contribution in [0.2, 0.25) is 0 Å². The average molecular weight is 350 g/mol. The van der Waals surface area contributed by atoms with Gasteiger partial charge in [-0.3, -0.25) is 4.79 Å². The quantitative estimate of drug-likeness (QED) is 0.809. The molecule has 6 heteroatoms. The van der Waals surface area contributed by atoms with Crippen molar-refractivity contribution in [2.75, 3.05) is 11.9 Å². The molecule has 0 spiro atoms. The Morgan fingerprint density at radius 2 is 1.85 bits per heavy atom. The van der Waals surface area contributed by atoms with Crippen molar-refractivity contribution >= 4 is 21.8 Å². The van der Waals surface area contributed by atoms with Crippen LogP contribution in [0.5, 0.6) is 0 Å². The molecule has 1 aliphatic carbocycles.